The third-order valence-electron chi connectivity index (χ3n) is 7.55. The summed E-state index contributed by atoms with van der Waals surface area (Å²) in [5, 5.41) is 17.3. The summed E-state index contributed by atoms with van der Waals surface area (Å²) in [6.07, 6.45) is -0.330. The van der Waals surface area contributed by atoms with Gasteiger partial charge in [0.2, 0.25) is 11.8 Å². The van der Waals surface area contributed by atoms with E-state index in [0.29, 0.717) is 41.9 Å². The molecule has 2 aromatic carbocycles. The molecule has 5 N–H and O–H groups in total. The monoisotopic (exact) mass is 688 g/mol. The minimum Gasteiger partial charge on any atom is -0.475 e. The highest BCUT2D eigenvalue weighted by Crippen LogP contribution is 2.33. The molecule has 0 radical (unpaired) electrons. The lowest BCUT2D eigenvalue weighted by molar-refractivity contribution is -0.192. The number of aromatic nitrogens is 3. The number of rotatable bonds is 4. The second kappa shape index (κ2) is 14.6. The van der Waals surface area contributed by atoms with E-state index in [1.54, 1.807) is 43.5 Å². The van der Waals surface area contributed by atoms with Crippen LogP contribution in [0.1, 0.15) is 64.3 Å². The van der Waals surface area contributed by atoms with Crippen molar-refractivity contribution in [1.82, 2.24) is 20.1 Å². The molecule has 0 saturated carbocycles. The summed E-state index contributed by atoms with van der Waals surface area (Å²) in [4.78, 5) is 51.8. The molecular weight excluding hydrogens is 660 g/mol. The van der Waals surface area contributed by atoms with Gasteiger partial charge < -0.3 is 21.5 Å². The molecule has 2 bridgehead atoms. The highest BCUT2D eigenvalue weighted by molar-refractivity contribution is 6.30. The molecule has 4 aromatic rings. The van der Waals surface area contributed by atoms with Crippen molar-refractivity contribution in [2.75, 3.05) is 5.32 Å². The molecule has 11 nitrogen and oxygen atoms in total. The second-order valence-electron chi connectivity index (χ2n) is 10.9. The van der Waals surface area contributed by atoms with Crippen LogP contribution in [0.4, 0.5) is 23.2 Å². The number of alkyl halides is 3. The van der Waals surface area contributed by atoms with E-state index in [4.69, 9.17) is 27.2 Å². The first-order valence-corrected chi connectivity index (χ1v) is 14.8. The van der Waals surface area contributed by atoms with Crippen LogP contribution in [0.15, 0.2) is 60.9 Å². The zero-order valence-corrected chi connectivity index (χ0v) is 26.2. The van der Waals surface area contributed by atoms with Gasteiger partial charge in [-0.1, -0.05) is 37.1 Å². The molecule has 0 unspecified atom stereocenters. The van der Waals surface area contributed by atoms with Crippen molar-refractivity contribution < 1.29 is 41.8 Å². The van der Waals surface area contributed by atoms with Crippen molar-refractivity contribution in [1.29, 1.82) is 0 Å². The molecule has 0 spiro atoms. The molecule has 1 aliphatic heterocycles. The Bertz CT molecular complexity index is 1880. The number of amides is 3. The molecule has 3 heterocycles. The van der Waals surface area contributed by atoms with Crippen LogP contribution in [0.25, 0.3) is 16.8 Å². The van der Waals surface area contributed by atoms with Crippen LogP contribution < -0.4 is 16.4 Å². The van der Waals surface area contributed by atoms with Gasteiger partial charge in [0.05, 0.1) is 34.2 Å². The number of carbonyl (C=O) groups excluding carboxylic acids is 3. The molecule has 2 aromatic heterocycles. The lowest BCUT2D eigenvalue weighted by Crippen LogP contribution is -2.30. The van der Waals surface area contributed by atoms with E-state index in [-0.39, 0.29) is 33.7 Å². The summed E-state index contributed by atoms with van der Waals surface area (Å²) < 4.78 is 47.7. The summed E-state index contributed by atoms with van der Waals surface area (Å²) in [6.45, 7) is 3.51. The highest BCUT2D eigenvalue weighted by atomic mass is 35.5. The highest BCUT2D eigenvalue weighted by Gasteiger charge is 2.38. The number of fused-ring (bicyclic) bond motifs is 4. The van der Waals surface area contributed by atoms with Gasteiger partial charge in [0.15, 0.2) is 5.82 Å². The van der Waals surface area contributed by atoms with Gasteiger partial charge in [0.25, 0.3) is 5.91 Å². The topological polar surface area (TPSA) is 169 Å². The fourth-order valence-electron chi connectivity index (χ4n) is 4.94. The Kier molecular flexibility index (Phi) is 10.8. The zero-order valence-electron chi connectivity index (χ0n) is 25.4. The Hall–Kier alpha value is -5.31. The molecule has 2 atom stereocenters. The van der Waals surface area contributed by atoms with Gasteiger partial charge in [0.1, 0.15) is 5.69 Å². The van der Waals surface area contributed by atoms with Crippen LogP contribution >= 0.6 is 11.6 Å². The van der Waals surface area contributed by atoms with Crippen molar-refractivity contribution in [3.05, 3.63) is 94.3 Å². The maximum absolute atomic E-state index is 14.7. The SMILES string of the molecule is Cc1c(C(=O)N[C@H]2CCC[C@H](C)C(=O)Nc3cc(C(N)=O)ccc3-c3ccnc2c3)cnn1-c1cccc(Cl)c1F.O=C(O)C(F)(F)F. The van der Waals surface area contributed by atoms with E-state index in [1.165, 1.54) is 23.0 Å². The fraction of sp³-hybridized carbons (Fsp3) is 0.250. The molecule has 48 heavy (non-hydrogen) atoms. The van der Waals surface area contributed by atoms with Gasteiger partial charge in [-0.2, -0.15) is 18.3 Å². The molecule has 0 fully saturated rings. The number of nitrogens with two attached hydrogens (primary N) is 1. The number of halogens is 5. The third kappa shape index (κ3) is 8.15. The van der Waals surface area contributed by atoms with Crippen molar-refractivity contribution in [3.8, 4) is 16.8 Å². The Balaban J connectivity index is 0.000000671. The zero-order chi connectivity index (χ0) is 35.3. The second-order valence-corrected chi connectivity index (χ2v) is 11.3. The first-order chi connectivity index (χ1) is 22.6. The molecule has 252 valence electrons. The maximum Gasteiger partial charge on any atom is 0.490 e. The number of nitrogens with zero attached hydrogens (tertiary/aromatic N) is 3. The predicted octanol–water partition coefficient (Wildman–Crippen LogP) is 6.00. The van der Waals surface area contributed by atoms with Gasteiger partial charge in [-0.05, 0) is 61.7 Å². The number of aliphatic carboxylic acids is 1. The standard InChI is InChI=1S/C30H28ClFN6O3.C2HF3O2/c1-16-5-3-7-23(36-30(41)21-15-35-38(17(21)2)26-8-4-6-22(31)27(26)32)25-13-18(11-12-34-25)20-10-9-19(28(33)39)14-24(20)37-29(16)40;3-2(4,5)1(6)7/h4,6,8-16,23H,3,5,7H2,1-2H3,(H2,33,39)(H,36,41)(H,37,40);(H,6,7)/t16-,23-;/m0./s1. The average Bonchev–Trinajstić information content (AvgIpc) is 3.42. The smallest absolute Gasteiger partial charge is 0.475 e. The van der Waals surface area contributed by atoms with Gasteiger partial charge >= 0.3 is 12.1 Å². The Morgan fingerprint density at radius 1 is 1.12 bits per heavy atom. The summed E-state index contributed by atoms with van der Waals surface area (Å²) in [5.74, 6) is -4.88. The molecular formula is C32H29ClF4N6O5. The Labute approximate surface area is 276 Å². The van der Waals surface area contributed by atoms with Crippen molar-refractivity contribution in [2.24, 2.45) is 11.7 Å². The number of carbonyl (C=O) groups is 4. The molecule has 5 rings (SSSR count). The lowest BCUT2D eigenvalue weighted by Gasteiger charge is -2.22. The summed E-state index contributed by atoms with van der Waals surface area (Å²) in [5.41, 5.74) is 9.15. The van der Waals surface area contributed by atoms with E-state index in [0.717, 1.165) is 5.56 Å². The van der Waals surface area contributed by atoms with Gasteiger partial charge in [0, 0.05) is 28.9 Å². The predicted molar refractivity (Wildman–Crippen MR) is 167 cm³/mol. The normalized spacial score (nSPS) is 16.2. The summed E-state index contributed by atoms with van der Waals surface area (Å²) in [7, 11) is 0. The number of anilines is 1. The van der Waals surface area contributed by atoms with E-state index >= 15 is 0 Å². The number of primary amides is 1. The Morgan fingerprint density at radius 3 is 2.50 bits per heavy atom. The number of carboxylic acids is 1. The van der Waals surface area contributed by atoms with Crippen LogP contribution in [0, 0.1) is 18.7 Å². The maximum atomic E-state index is 14.7. The minimum absolute atomic E-state index is 0.0436. The number of pyridine rings is 1. The van der Waals surface area contributed by atoms with E-state index in [9.17, 15) is 31.9 Å². The lowest BCUT2D eigenvalue weighted by atomic mass is 9.94. The number of hydrogen-bond acceptors (Lipinski definition) is 6. The first kappa shape index (κ1) is 35.5. The van der Waals surface area contributed by atoms with Gasteiger partial charge in [-0.25, -0.2) is 13.9 Å². The molecule has 16 heteroatoms. The average molecular weight is 689 g/mol. The fourth-order valence-corrected chi connectivity index (χ4v) is 5.11. The van der Waals surface area contributed by atoms with E-state index in [2.05, 4.69) is 20.7 Å². The van der Waals surface area contributed by atoms with E-state index in [1.807, 2.05) is 13.0 Å². The quantitative estimate of drug-likeness (QED) is 0.191. The Morgan fingerprint density at radius 2 is 1.83 bits per heavy atom. The number of nitrogens with one attached hydrogen (secondary N) is 2. The van der Waals surface area contributed by atoms with Crippen LogP contribution in [-0.4, -0.2) is 49.7 Å². The molecule has 3 amide bonds. The van der Waals surface area contributed by atoms with Crippen LogP contribution in [0.3, 0.4) is 0 Å². The van der Waals surface area contributed by atoms with Gasteiger partial charge in [-0.15, -0.1) is 0 Å². The molecule has 0 aliphatic carbocycles. The third-order valence-corrected chi connectivity index (χ3v) is 7.84. The number of benzene rings is 2. The summed E-state index contributed by atoms with van der Waals surface area (Å²) in [6, 6.07) is 12.6. The minimum atomic E-state index is -5.08. The van der Waals surface area contributed by atoms with Gasteiger partial charge in [-0.3, -0.25) is 19.4 Å². The van der Waals surface area contributed by atoms with Crippen molar-refractivity contribution in [3.63, 3.8) is 0 Å². The number of carboxylic acid groups (broad SMARTS) is 1. The van der Waals surface area contributed by atoms with Crippen LogP contribution in [0.5, 0.6) is 0 Å². The van der Waals surface area contributed by atoms with Crippen molar-refractivity contribution in [2.45, 2.75) is 45.3 Å². The van der Waals surface area contributed by atoms with Crippen LogP contribution in [-0.2, 0) is 9.59 Å². The van der Waals surface area contributed by atoms with E-state index < -0.39 is 35.8 Å². The molecule has 0 saturated heterocycles. The van der Waals surface area contributed by atoms with Crippen LogP contribution in [0.2, 0.25) is 5.02 Å². The largest absolute Gasteiger partial charge is 0.490 e. The molecule has 1 aliphatic rings. The summed E-state index contributed by atoms with van der Waals surface area (Å²) >= 11 is 5.95. The number of hydrogen-bond donors (Lipinski definition) is 4. The van der Waals surface area contributed by atoms with Crippen molar-refractivity contribution >= 4 is 41.0 Å². The first-order valence-electron chi connectivity index (χ1n) is 14.4.